The topological polar surface area (TPSA) is 49.4 Å². The van der Waals surface area contributed by atoms with Crippen LogP contribution in [-0.2, 0) is 12.6 Å². The zero-order chi connectivity index (χ0) is 17.7. The van der Waals surface area contributed by atoms with E-state index in [2.05, 4.69) is 4.74 Å². The number of carboxylic acid groups (broad SMARTS) is 1. The highest BCUT2D eigenvalue weighted by atomic mass is 19.4. The number of carbonyl (C=O) groups excluding carboxylic acids is 1. The van der Waals surface area contributed by atoms with Crippen molar-refractivity contribution >= 4 is 6.16 Å². The molecule has 0 fully saturated rings. The highest BCUT2D eigenvalue weighted by Gasteiger charge is 2.30. The van der Waals surface area contributed by atoms with E-state index in [9.17, 15) is 23.1 Å². The highest BCUT2D eigenvalue weighted by molar-refractivity contribution is 5.74. The zero-order valence-corrected chi connectivity index (χ0v) is 13.0. The molecule has 2 rings (SSSR count). The molecule has 0 unspecified atom stereocenters. The van der Waals surface area contributed by atoms with Crippen molar-refractivity contribution in [1.29, 1.82) is 0 Å². The lowest BCUT2D eigenvalue weighted by Crippen LogP contribution is -2.26. The van der Waals surface area contributed by atoms with Crippen LogP contribution in [0.25, 0.3) is 11.1 Å². The van der Waals surface area contributed by atoms with E-state index in [0.29, 0.717) is 11.1 Å². The SMILES string of the molecule is CCCCc1ccc(OC(=O)[O-])c(-c2ccc(C(F)(F)F)cc2)c1. The van der Waals surface area contributed by atoms with Crippen LogP contribution in [0.4, 0.5) is 18.0 Å². The van der Waals surface area contributed by atoms with Gasteiger partial charge in [-0.2, -0.15) is 13.2 Å². The second-order valence-corrected chi connectivity index (χ2v) is 5.36. The molecule has 0 radical (unpaired) electrons. The third-order valence-corrected chi connectivity index (χ3v) is 3.58. The number of hydrogen-bond acceptors (Lipinski definition) is 3. The predicted molar refractivity (Wildman–Crippen MR) is 81.5 cm³/mol. The number of halogens is 3. The van der Waals surface area contributed by atoms with Crippen molar-refractivity contribution in [3.63, 3.8) is 0 Å². The first-order chi connectivity index (χ1) is 11.3. The molecule has 128 valence electrons. The molecule has 0 atom stereocenters. The molecule has 0 aliphatic rings. The van der Waals surface area contributed by atoms with Crippen LogP contribution in [0.5, 0.6) is 5.75 Å². The Hall–Kier alpha value is -2.50. The van der Waals surface area contributed by atoms with Gasteiger partial charge in [0, 0.05) is 5.56 Å². The molecule has 0 spiro atoms. The Kier molecular flexibility index (Phi) is 5.49. The van der Waals surface area contributed by atoms with Gasteiger partial charge in [0.25, 0.3) is 6.16 Å². The Morgan fingerprint density at radius 2 is 1.79 bits per heavy atom. The summed E-state index contributed by atoms with van der Waals surface area (Å²) in [7, 11) is 0. The third kappa shape index (κ3) is 4.50. The molecule has 6 heteroatoms. The molecule has 0 aliphatic carbocycles. The third-order valence-electron chi connectivity index (χ3n) is 3.58. The van der Waals surface area contributed by atoms with Gasteiger partial charge in [-0.05, 0) is 48.2 Å². The van der Waals surface area contributed by atoms with Crippen LogP contribution >= 0.6 is 0 Å². The maximum Gasteiger partial charge on any atom is 0.416 e. The van der Waals surface area contributed by atoms with Gasteiger partial charge in [0.05, 0.1) is 11.3 Å². The molecule has 0 amide bonds. The fourth-order valence-corrected chi connectivity index (χ4v) is 2.36. The van der Waals surface area contributed by atoms with Gasteiger partial charge in [-0.3, -0.25) is 0 Å². The van der Waals surface area contributed by atoms with Crippen molar-refractivity contribution < 1.29 is 27.8 Å². The maximum absolute atomic E-state index is 12.7. The van der Waals surface area contributed by atoms with Crippen molar-refractivity contribution in [2.75, 3.05) is 0 Å². The molecule has 2 aromatic carbocycles. The predicted octanol–water partition coefficient (Wildman–Crippen LogP) is 4.44. The summed E-state index contributed by atoms with van der Waals surface area (Å²) in [6, 6.07) is 9.47. The van der Waals surface area contributed by atoms with Gasteiger partial charge in [-0.15, -0.1) is 0 Å². The molecule has 2 aromatic rings. The average molecular weight is 337 g/mol. The number of ether oxygens (including phenoxy) is 1. The van der Waals surface area contributed by atoms with E-state index >= 15 is 0 Å². The van der Waals surface area contributed by atoms with Crippen LogP contribution in [-0.4, -0.2) is 6.16 Å². The number of benzene rings is 2. The first-order valence-electron chi connectivity index (χ1n) is 7.50. The number of unbranched alkanes of at least 4 members (excludes halogenated alkanes) is 1. The number of rotatable bonds is 5. The van der Waals surface area contributed by atoms with E-state index < -0.39 is 17.9 Å². The van der Waals surface area contributed by atoms with Gasteiger partial charge >= 0.3 is 6.18 Å². The monoisotopic (exact) mass is 337 g/mol. The summed E-state index contributed by atoms with van der Waals surface area (Å²) in [5, 5.41) is 10.7. The fraction of sp³-hybridized carbons (Fsp3) is 0.278. The van der Waals surface area contributed by atoms with Crippen LogP contribution in [0.15, 0.2) is 42.5 Å². The van der Waals surface area contributed by atoms with E-state index in [1.165, 1.54) is 18.2 Å². The van der Waals surface area contributed by atoms with Crippen molar-refractivity contribution in [2.45, 2.75) is 32.4 Å². The Balaban J connectivity index is 2.42. The molecule has 24 heavy (non-hydrogen) atoms. The van der Waals surface area contributed by atoms with Crippen molar-refractivity contribution in [1.82, 2.24) is 0 Å². The number of aryl methyl sites for hydroxylation is 1. The minimum Gasteiger partial charge on any atom is -0.513 e. The van der Waals surface area contributed by atoms with Gasteiger partial charge in [-0.25, -0.2) is 0 Å². The first kappa shape index (κ1) is 17.8. The second kappa shape index (κ2) is 7.38. The summed E-state index contributed by atoms with van der Waals surface area (Å²) in [6.45, 7) is 2.05. The number of carbonyl (C=O) groups is 1. The van der Waals surface area contributed by atoms with Crippen molar-refractivity contribution in [3.05, 3.63) is 53.6 Å². The average Bonchev–Trinajstić information content (AvgIpc) is 2.52. The smallest absolute Gasteiger partial charge is 0.416 e. The van der Waals surface area contributed by atoms with Crippen molar-refractivity contribution in [3.8, 4) is 16.9 Å². The first-order valence-corrected chi connectivity index (χ1v) is 7.50. The quantitative estimate of drug-likeness (QED) is 0.599. The van der Waals surface area contributed by atoms with Crippen LogP contribution < -0.4 is 9.84 Å². The Morgan fingerprint density at radius 3 is 2.33 bits per heavy atom. The summed E-state index contributed by atoms with van der Waals surface area (Å²) < 4.78 is 42.6. The van der Waals surface area contributed by atoms with Gasteiger partial charge in [-0.1, -0.05) is 31.5 Å². The maximum atomic E-state index is 12.7. The summed E-state index contributed by atoms with van der Waals surface area (Å²) >= 11 is 0. The lowest BCUT2D eigenvalue weighted by atomic mass is 9.98. The van der Waals surface area contributed by atoms with E-state index in [4.69, 9.17) is 0 Å². The van der Waals surface area contributed by atoms with Gasteiger partial charge in [0.2, 0.25) is 0 Å². The van der Waals surface area contributed by atoms with Gasteiger partial charge in [0.1, 0.15) is 0 Å². The number of alkyl halides is 3. The van der Waals surface area contributed by atoms with Crippen LogP contribution in [0, 0.1) is 0 Å². The molecule has 0 N–H and O–H groups in total. The van der Waals surface area contributed by atoms with Gasteiger partial charge < -0.3 is 14.6 Å². The molecule has 0 aromatic heterocycles. The normalized spacial score (nSPS) is 11.3. The molecule has 0 heterocycles. The minimum atomic E-state index is -4.42. The number of hydrogen-bond donors (Lipinski definition) is 0. The zero-order valence-electron chi connectivity index (χ0n) is 13.0. The summed E-state index contributed by atoms with van der Waals surface area (Å²) in [6.07, 6.45) is -3.41. The van der Waals surface area contributed by atoms with Crippen LogP contribution in [0.3, 0.4) is 0 Å². The van der Waals surface area contributed by atoms with E-state index in [-0.39, 0.29) is 5.75 Å². The Labute approximate surface area is 137 Å². The minimum absolute atomic E-state index is 0.0370. The van der Waals surface area contributed by atoms with E-state index in [1.54, 1.807) is 12.1 Å². The van der Waals surface area contributed by atoms with Crippen LogP contribution in [0.1, 0.15) is 30.9 Å². The standard InChI is InChI=1S/C18H17F3O3/c1-2-3-4-12-5-10-16(24-17(22)23)15(11-12)13-6-8-14(9-7-13)18(19,20)21/h5-11H,2-4H2,1H3,(H,22,23)/p-1. The van der Waals surface area contributed by atoms with Crippen LogP contribution in [0.2, 0.25) is 0 Å². The summed E-state index contributed by atoms with van der Waals surface area (Å²) in [4.78, 5) is 10.7. The van der Waals surface area contributed by atoms with E-state index in [1.807, 2.05) is 6.92 Å². The van der Waals surface area contributed by atoms with Crippen molar-refractivity contribution in [2.24, 2.45) is 0 Å². The fourth-order valence-electron chi connectivity index (χ4n) is 2.36. The molecular formula is C18H16F3O3-. The molecule has 0 aliphatic heterocycles. The Morgan fingerprint density at radius 1 is 1.12 bits per heavy atom. The lowest BCUT2D eigenvalue weighted by Gasteiger charge is -2.16. The molecule has 0 saturated carbocycles. The lowest BCUT2D eigenvalue weighted by molar-refractivity contribution is -0.271. The molecular weight excluding hydrogens is 321 g/mol. The summed E-state index contributed by atoms with van der Waals surface area (Å²) in [5.41, 5.74) is 1.05. The molecule has 0 saturated heterocycles. The second-order valence-electron chi connectivity index (χ2n) is 5.36. The van der Waals surface area contributed by atoms with E-state index in [0.717, 1.165) is 37.0 Å². The molecule has 3 nitrogen and oxygen atoms in total. The summed E-state index contributed by atoms with van der Waals surface area (Å²) in [5.74, 6) is 0.0370. The highest BCUT2D eigenvalue weighted by Crippen LogP contribution is 2.35. The van der Waals surface area contributed by atoms with Gasteiger partial charge in [0.15, 0.2) is 0 Å². The molecule has 0 bridgehead atoms. The Bertz CT molecular complexity index is 706. The largest absolute Gasteiger partial charge is 0.513 e.